The molecule has 0 aromatic heterocycles. The molecule has 3 rings (SSSR count). The fourth-order valence-electron chi connectivity index (χ4n) is 2.93. The maximum Gasteiger partial charge on any atom is 0.255 e. The normalized spacial score (nSPS) is 14.7. The summed E-state index contributed by atoms with van der Waals surface area (Å²) in [6.07, 6.45) is 1.71. The first-order chi connectivity index (χ1) is 12.9. The van der Waals surface area contributed by atoms with Gasteiger partial charge in [-0.3, -0.25) is 9.59 Å². The van der Waals surface area contributed by atoms with Crippen LogP contribution in [0.2, 0.25) is 0 Å². The second-order valence-corrected chi connectivity index (χ2v) is 8.19. The number of carbonyl (C=O) groups excluding carboxylic acids is 2. The summed E-state index contributed by atoms with van der Waals surface area (Å²) in [4.78, 5) is 24.2. The van der Waals surface area contributed by atoms with Gasteiger partial charge in [-0.1, -0.05) is 6.07 Å². The third kappa shape index (κ3) is 4.17. The van der Waals surface area contributed by atoms with Crippen molar-refractivity contribution in [1.82, 2.24) is 9.62 Å². The van der Waals surface area contributed by atoms with E-state index in [0.29, 0.717) is 24.3 Å². The van der Waals surface area contributed by atoms with E-state index >= 15 is 0 Å². The molecule has 1 aliphatic heterocycles. The Kier molecular flexibility index (Phi) is 5.57. The lowest BCUT2D eigenvalue weighted by atomic mass is 10.1. The first-order valence-electron chi connectivity index (χ1n) is 8.65. The average Bonchev–Trinajstić information content (AvgIpc) is 3.24. The van der Waals surface area contributed by atoms with E-state index in [4.69, 9.17) is 0 Å². The Morgan fingerprint density at radius 1 is 0.926 bits per heavy atom. The van der Waals surface area contributed by atoms with Gasteiger partial charge >= 0.3 is 0 Å². The van der Waals surface area contributed by atoms with Gasteiger partial charge in [-0.15, -0.1) is 0 Å². The fraction of sp³-hybridized carbons (Fsp3) is 0.263. The van der Waals surface area contributed by atoms with Crippen molar-refractivity contribution in [2.24, 2.45) is 0 Å². The molecule has 0 saturated carbocycles. The number of sulfonamides is 1. The Balaban J connectivity index is 1.76. The Bertz CT molecular complexity index is 949. The number of anilines is 1. The summed E-state index contributed by atoms with van der Waals surface area (Å²) in [6, 6.07) is 12.5. The number of carbonyl (C=O) groups is 2. The first kappa shape index (κ1) is 19.1. The predicted molar refractivity (Wildman–Crippen MR) is 102 cm³/mol. The van der Waals surface area contributed by atoms with Gasteiger partial charge in [0.2, 0.25) is 10.0 Å². The second-order valence-electron chi connectivity index (χ2n) is 6.25. The highest BCUT2D eigenvalue weighted by atomic mass is 32.2. The lowest BCUT2D eigenvalue weighted by Crippen LogP contribution is -2.28. The van der Waals surface area contributed by atoms with Gasteiger partial charge in [-0.05, 0) is 55.3 Å². The molecule has 27 heavy (non-hydrogen) atoms. The minimum Gasteiger partial charge on any atom is -0.355 e. The SMILES string of the molecule is CNC(=O)c1ccc(NC(=O)c2cccc(S(=O)(=O)N3CCCC3)c2)cc1. The molecule has 7 nitrogen and oxygen atoms in total. The highest BCUT2D eigenvalue weighted by molar-refractivity contribution is 7.89. The number of hydrogen-bond donors (Lipinski definition) is 2. The van der Waals surface area contributed by atoms with Crippen molar-refractivity contribution in [3.05, 3.63) is 59.7 Å². The monoisotopic (exact) mass is 387 g/mol. The molecule has 2 N–H and O–H groups in total. The molecule has 1 heterocycles. The number of nitrogens with zero attached hydrogens (tertiary/aromatic N) is 1. The zero-order chi connectivity index (χ0) is 19.4. The quantitative estimate of drug-likeness (QED) is 0.821. The summed E-state index contributed by atoms with van der Waals surface area (Å²) in [6.45, 7) is 1.02. The van der Waals surface area contributed by atoms with Gasteiger partial charge < -0.3 is 10.6 Å². The minimum absolute atomic E-state index is 0.118. The summed E-state index contributed by atoms with van der Waals surface area (Å²) >= 11 is 0. The van der Waals surface area contributed by atoms with Crippen molar-refractivity contribution < 1.29 is 18.0 Å². The number of hydrogen-bond acceptors (Lipinski definition) is 4. The number of rotatable bonds is 5. The van der Waals surface area contributed by atoms with E-state index in [1.54, 1.807) is 43.4 Å². The summed E-state index contributed by atoms with van der Waals surface area (Å²) in [5.41, 5.74) is 1.25. The predicted octanol–water partition coefficient (Wildman–Crippen LogP) is 2.08. The van der Waals surface area contributed by atoms with Gasteiger partial charge in [-0.2, -0.15) is 4.31 Å². The molecule has 0 aliphatic carbocycles. The summed E-state index contributed by atoms with van der Waals surface area (Å²) < 4.78 is 26.8. The van der Waals surface area contributed by atoms with E-state index in [1.165, 1.54) is 16.4 Å². The van der Waals surface area contributed by atoms with Crippen molar-refractivity contribution in [3.63, 3.8) is 0 Å². The highest BCUT2D eigenvalue weighted by Gasteiger charge is 2.27. The van der Waals surface area contributed by atoms with Crippen LogP contribution in [0.25, 0.3) is 0 Å². The van der Waals surface area contributed by atoms with Crippen molar-refractivity contribution in [3.8, 4) is 0 Å². The minimum atomic E-state index is -3.58. The van der Waals surface area contributed by atoms with E-state index in [9.17, 15) is 18.0 Å². The van der Waals surface area contributed by atoms with Crippen molar-refractivity contribution >= 4 is 27.5 Å². The lowest BCUT2D eigenvalue weighted by molar-refractivity contribution is 0.0962. The summed E-state index contributed by atoms with van der Waals surface area (Å²) in [5.74, 6) is -0.631. The Labute approximate surface area is 158 Å². The van der Waals surface area contributed by atoms with Crippen LogP contribution in [0, 0.1) is 0 Å². The van der Waals surface area contributed by atoms with E-state index in [1.807, 2.05) is 0 Å². The molecule has 142 valence electrons. The molecule has 0 bridgehead atoms. The molecule has 2 amide bonds. The van der Waals surface area contributed by atoms with Gasteiger partial charge in [0.25, 0.3) is 11.8 Å². The fourth-order valence-corrected chi connectivity index (χ4v) is 4.49. The third-order valence-corrected chi connectivity index (χ3v) is 6.33. The maximum atomic E-state index is 12.7. The average molecular weight is 387 g/mol. The molecular formula is C19H21N3O4S. The molecule has 2 aromatic rings. The van der Waals surface area contributed by atoms with Crippen LogP contribution in [0.3, 0.4) is 0 Å². The molecular weight excluding hydrogens is 366 g/mol. The standard InChI is InChI=1S/C19H21N3O4S/c1-20-18(23)14-7-9-16(10-8-14)21-19(24)15-5-4-6-17(13-15)27(25,26)22-11-2-3-12-22/h4-10,13H,2-3,11-12H2,1H3,(H,20,23)(H,21,24). The zero-order valence-corrected chi connectivity index (χ0v) is 15.8. The zero-order valence-electron chi connectivity index (χ0n) is 14.9. The van der Waals surface area contributed by atoms with Gasteiger partial charge in [-0.25, -0.2) is 8.42 Å². The topological polar surface area (TPSA) is 95.6 Å². The van der Waals surface area contributed by atoms with Gasteiger partial charge in [0, 0.05) is 37.0 Å². The molecule has 0 unspecified atom stereocenters. The summed E-state index contributed by atoms with van der Waals surface area (Å²) in [5, 5.41) is 5.24. The van der Waals surface area contributed by atoms with Crippen LogP contribution in [-0.2, 0) is 10.0 Å². The maximum absolute atomic E-state index is 12.7. The molecule has 1 saturated heterocycles. The second kappa shape index (κ2) is 7.89. The van der Waals surface area contributed by atoms with Crippen LogP contribution < -0.4 is 10.6 Å². The Morgan fingerprint density at radius 2 is 1.59 bits per heavy atom. The molecule has 0 radical (unpaired) electrons. The van der Waals surface area contributed by atoms with E-state index in [0.717, 1.165) is 12.8 Å². The van der Waals surface area contributed by atoms with Gasteiger partial charge in [0.1, 0.15) is 0 Å². The van der Waals surface area contributed by atoms with Crippen molar-refractivity contribution in [2.45, 2.75) is 17.7 Å². The largest absolute Gasteiger partial charge is 0.355 e. The van der Waals surface area contributed by atoms with Crippen molar-refractivity contribution in [1.29, 1.82) is 0 Å². The van der Waals surface area contributed by atoms with Crippen LogP contribution >= 0.6 is 0 Å². The van der Waals surface area contributed by atoms with Crippen LogP contribution in [-0.4, -0.2) is 44.7 Å². The molecule has 8 heteroatoms. The van der Waals surface area contributed by atoms with E-state index < -0.39 is 15.9 Å². The highest BCUT2D eigenvalue weighted by Crippen LogP contribution is 2.22. The third-order valence-electron chi connectivity index (χ3n) is 4.43. The van der Waals surface area contributed by atoms with E-state index in [2.05, 4.69) is 10.6 Å². The van der Waals surface area contributed by atoms with Crippen LogP contribution in [0.5, 0.6) is 0 Å². The van der Waals surface area contributed by atoms with Gasteiger partial charge in [0.15, 0.2) is 0 Å². The smallest absolute Gasteiger partial charge is 0.255 e. The van der Waals surface area contributed by atoms with Crippen LogP contribution in [0.15, 0.2) is 53.4 Å². The number of amides is 2. The van der Waals surface area contributed by atoms with Crippen LogP contribution in [0.1, 0.15) is 33.6 Å². The van der Waals surface area contributed by atoms with Crippen molar-refractivity contribution in [2.75, 3.05) is 25.5 Å². The molecule has 1 aliphatic rings. The molecule has 2 aromatic carbocycles. The number of nitrogens with one attached hydrogen (secondary N) is 2. The first-order valence-corrected chi connectivity index (χ1v) is 10.1. The van der Waals surface area contributed by atoms with E-state index in [-0.39, 0.29) is 16.4 Å². The molecule has 1 fully saturated rings. The number of benzene rings is 2. The van der Waals surface area contributed by atoms with Gasteiger partial charge in [0.05, 0.1) is 4.90 Å². The Morgan fingerprint density at radius 3 is 2.22 bits per heavy atom. The Hall–Kier alpha value is -2.71. The van der Waals surface area contributed by atoms with Crippen LogP contribution in [0.4, 0.5) is 5.69 Å². The molecule has 0 spiro atoms. The lowest BCUT2D eigenvalue weighted by Gasteiger charge is -2.16. The summed E-state index contributed by atoms with van der Waals surface area (Å²) in [7, 11) is -2.03. The molecule has 0 atom stereocenters.